The molecule has 1 unspecified atom stereocenters. The van der Waals surface area contributed by atoms with Gasteiger partial charge >= 0.3 is 0 Å². The number of oxime groups is 1. The number of amidine groups is 1. The van der Waals surface area contributed by atoms with E-state index in [1.54, 1.807) is 0 Å². The van der Waals surface area contributed by atoms with Crippen LogP contribution in [0.1, 0.15) is 25.3 Å². The first kappa shape index (κ1) is 15.1. The van der Waals surface area contributed by atoms with Gasteiger partial charge in [-0.15, -0.1) is 0 Å². The Morgan fingerprint density at radius 3 is 3.00 bits per heavy atom. The zero-order valence-corrected chi connectivity index (χ0v) is 13.1. The van der Waals surface area contributed by atoms with Gasteiger partial charge in [0.05, 0.1) is 6.10 Å². The number of hydrogen-bond donors (Lipinski definition) is 2. The highest BCUT2D eigenvalue weighted by Gasteiger charge is 2.21. The topological polar surface area (TPSA) is 71.1 Å². The van der Waals surface area contributed by atoms with Gasteiger partial charge in [0.25, 0.3) is 0 Å². The third-order valence-electron chi connectivity index (χ3n) is 3.51. The monoisotopic (exact) mass is 341 g/mol. The van der Waals surface area contributed by atoms with E-state index in [9.17, 15) is 0 Å². The van der Waals surface area contributed by atoms with Gasteiger partial charge in [-0.3, -0.25) is 0 Å². The van der Waals surface area contributed by atoms with Crippen molar-refractivity contribution in [2.45, 2.75) is 25.9 Å². The summed E-state index contributed by atoms with van der Waals surface area (Å²) < 4.78 is 6.59. The molecule has 1 saturated heterocycles. The molecule has 1 aromatic carbocycles. The molecule has 1 aliphatic rings. The van der Waals surface area contributed by atoms with E-state index in [4.69, 9.17) is 15.7 Å². The Labute approximate surface area is 127 Å². The van der Waals surface area contributed by atoms with Gasteiger partial charge in [0.1, 0.15) is 0 Å². The molecule has 0 spiro atoms. The largest absolute Gasteiger partial charge is 0.409 e. The molecule has 1 aromatic rings. The van der Waals surface area contributed by atoms with Gasteiger partial charge in [0.2, 0.25) is 0 Å². The molecule has 1 atom stereocenters. The Balaban J connectivity index is 2.28. The molecule has 1 aliphatic heterocycles. The van der Waals surface area contributed by atoms with Gasteiger partial charge in [0.15, 0.2) is 5.84 Å². The Kier molecular flexibility index (Phi) is 5.25. The fourth-order valence-electron chi connectivity index (χ4n) is 2.47. The predicted octanol–water partition coefficient (Wildman–Crippen LogP) is 2.55. The van der Waals surface area contributed by atoms with Gasteiger partial charge in [-0.05, 0) is 38.0 Å². The van der Waals surface area contributed by atoms with E-state index in [0.29, 0.717) is 0 Å². The van der Waals surface area contributed by atoms with Crippen LogP contribution in [-0.2, 0) is 4.74 Å². The van der Waals surface area contributed by atoms with Crippen molar-refractivity contribution in [3.8, 4) is 0 Å². The highest BCUT2D eigenvalue weighted by Crippen LogP contribution is 2.26. The maximum absolute atomic E-state index is 8.95. The minimum absolute atomic E-state index is 0.118. The molecule has 3 N–H and O–H groups in total. The minimum Gasteiger partial charge on any atom is -0.409 e. The molecular weight excluding hydrogens is 322 g/mol. The molecule has 6 heteroatoms. The van der Waals surface area contributed by atoms with E-state index in [-0.39, 0.29) is 11.9 Å². The molecule has 0 saturated carbocycles. The Hall–Kier alpha value is -1.27. The van der Waals surface area contributed by atoms with E-state index in [2.05, 4.69) is 32.9 Å². The Morgan fingerprint density at radius 1 is 1.60 bits per heavy atom. The molecule has 0 radical (unpaired) electrons. The van der Waals surface area contributed by atoms with Crippen molar-refractivity contribution in [3.63, 3.8) is 0 Å². The quantitative estimate of drug-likeness (QED) is 0.373. The predicted molar refractivity (Wildman–Crippen MR) is 83.5 cm³/mol. The SMILES string of the molecule is CCN(CC1CCCO1)c1ccc(Br)cc1/C(N)=N/O. The van der Waals surface area contributed by atoms with E-state index < -0.39 is 0 Å². The molecule has 20 heavy (non-hydrogen) atoms. The summed E-state index contributed by atoms with van der Waals surface area (Å²) in [6, 6.07) is 5.81. The van der Waals surface area contributed by atoms with Gasteiger partial charge in [-0.25, -0.2) is 0 Å². The van der Waals surface area contributed by atoms with Gasteiger partial charge in [-0.2, -0.15) is 0 Å². The van der Waals surface area contributed by atoms with Crippen LogP contribution in [0.5, 0.6) is 0 Å². The first-order valence-electron chi connectivity index (χ1n) is 6.79. The molecule has 0 aliphatic carbocycles. The summed E-state index contributed by atoms with van der Waals surface area (Å²) in [6.45, 7) is 4.60. The minimum atomic E-state index is 0.118. The van der Waals surface area contributed by atoms with E-state index in [1.807, 2.05) is 18.2 Å². The summed E-state index contributed by atoms with van der Waals surface area (Å²) in [4.78, 5) is 2.20. The third kappa shape index (κ3) is 3.43. The third-order valence-corrected chi connectivity index (χ3v) is 4.01. The maximum atomic E-state index is 8.95. The standard InChI is InChI=1S/C14H20BrN3O2/c1-2-18(9-11-4-3-7-20-11)13-6-5-10(15)8-12(13)14(16)17-19/h5-6,8,11,19H,2-4,7,9H2,1H3,(H2,16,17). The van der Waals surface area contributed by atoms with Crippen molar-refractivity contribution in [2.75, 3.05) is 24.6 Å². The summed E-state index contributed by atoms with van der Waals surface area (Å²) in [5.74, 6) is 0.118. The molecule has 0 bridgehead atoms. The van der Waals surface area contributed by atoms with Crippen LogP contribution in [0, 0.1) is 0 Å². The van der Waals surface area contributed by atoms with Crippen LogP contribution in [0.3, 0.4) is 0 Å². The van der Waals surface area contributed by atoms with Gasteiger partial charge in [-0.1, -0.05) is 21.1 Å². The zero-order valence-electron chi connectivity index (χ0n) is 11.6. The molecule has 0 amide bonds. The lowest BCUT2D eigenvalue weighted by atomic mass is 10.1. The Morgan fingerprint density at radius 2 is 2.40 bits per heavy atom. The second-order valence-corrected chi connectivity index (χ2v) is 5.74. The van der Waals surface area contributed by atoms with Crippen LogP contribution in [-0.4, -0.2) is 36.8 Å². The lowest BCUT2D eigenvalue weighted by Crippen LogP contribution is -2.33. The number of nitrogens with zero attached hydrogens (tertiary/aromatic N) is 2. The average molecular weight is 342 g/mol. The lowest BCUT2D eigenvalue weighted by Gasteiger charge is -2.28. The lowest BCUT2D eigenvalue weighted by molar-refractivity contribution is 0.115. The van der Waals surface area contributed by atoms with Gasteiger partial charge < -0.3 is 20.6 Å². The van der Waals surface area contributed by atoms with Crippen LogP contribution in [0.15, 0.2) is 27.8 Å². The van der Waals surface area contributed by atoms with Crippen LogP contribution >= 0.6 is 15.9 Å². The molecule has 2 rings (SSSR count). The van der Waals surface area contributed by atoms with Crippen molar-refractivity contribution in [1.82, 2.24) is 0 Å². The Bertz CT molecular complexity index is 487. The fourth-order valence-corrected chi connectivity index (χ4v) is 2.84. The molecule has 0 aromatic heterocycles. The molecule has 1 fully saturated rings. The van der Waals surface area contributed by atoms with Crippen LogP contribution in [0.4, 0.5) is 5.69 Å². The number of halogens is 1. The molecule has 5 nitrogen and oxygen atoms in total. The molecule has 1 heterocycles. The first-order valence-corrected chi connectivity index (χ1v) is 7.59. The fraction of sp³-hybridized carbons (Fsp3) is 0.500. The first-order chi connectivity index (χ1) is 9.65. The van der Waals surface area contributed by atoms with Crippen LogP contribution in [0.25, 0.3) is 0 Å². The molecular formula is C14H20BrN3O2. The smallest absolute Gasteiger partial charge is 0.172 e. The number of nitrogens with two attached hydrogens (primary N) is 1. The number of benzene rings is 1. The summed E-state index contributed by atoms with van der Waals surface area (Å²) in [6.07, 6.45) is 2.47. The number of rotatable bonds is 5. The van der Waals surface area contributed by atoms with Crippen molar-refractivity contribution >= 4 is 27.5 Å². The summed E-state index contributed by atoms with van der Waals surface area (Å²) in [7, 11) is 0. The van der Waals surface area contributed by atoms with Crippen molar-refractivity contribution in [1.29, 1.82) is 0 Å². The van der Waals surface area contributed by atoms with Crippen molar-refractivity contribution < 1.29 is 9.94 Å². The summed E-state index contributed by atoms with van der Waals surface area (Å²) >= 11 is 3.42. The van der Waals surface area contributed by atoms with Crippen LogP contribution < -0.4 is 10.6 Å². The normalized spacial score (nSPS) is 19.3. The van der Waals surface area contributed by atoms with E-state index in [0.717, 1.165) is 48.3 Å². The average Bonchev–Trinajstić information content (AvgIpc) is 2.97. The second-order valence-electron chi connectivity index (χ2n) is 4.82. The highest BCUT2D eigenvalue weighted by molar-refractivity contribution is 9.10. The second kappa shape index (κ2) is 6.95. The number of likely N-dealkylation sites (N-methyl/N-ethyl adjacent to an activating group) is 1. The van der Waals surface area contributed by atoms with Crippen LogP contribution in [0.2, 0.25) is 0 Å². The number of ether oxygens (including phenoxy) is 1. The number of anilines is 1. The maximum Gasteiger partial charge on any atom is 0.172 e. The summed E-state index contributed by atoms with van der Waals surface area (Å²) in [5.41, 5.74) is 7.47. The van der Waals surface area contributed by atoms with E-state index in [1.165, 1.54) is 0 Å². The van der Waals surface area contributed by atoms with Crippen molar-refractivity contribution in [3.05, 3.63) is 28.2 Å². The number of hydrogen-bond acceptors (Lipinski definition) is 4. The van der Waals surface area contributed by atoms with E-state index >= 15 is 0 Å². The van der Waals surface area contributed by atoms with Crippen molar-refractivity contribution in [2.24, 2.45) is 10.9 Å². The molecule has 110 valence electrons. The summed E-state index contributed by atoms with van der Waals surface area (Å²) in [5, 5.41) is 12.1. The highest BCUT2D eigenvalue weighted by atomic mass is 79.9. The zero-order chi connectivity index (χ0) is 14.5. The van der Waals surface area contributed by atoms with Gasteiger partial charge in [0, 0.05) is 35.4 Å².